The monoisotopic (exact) mass is 517 g/mol. The molecule has 0 aliphatic carbocycles. The summed E-state index contributed by atoms with van der Waals surface area (Å²) in [6.45, 7) is 8.83. The fourth-order valence-corrected chi connectivity index (χ4v) is 3.79. The fourth-order valence-electron chi connectivity index (χ4n) is 3.61. The molecule has 1 fully saturated rings. The third-order valence-corrected chi connectivity index (χ3v) is 5.64. The van der Waals surface area contributed by atoms with E-state index in [0.717, 1.165) is 31.5 Å². The molecule has 3 rings (SSSR count). The average Bonchev–Trinajstić information content (AvgIpc) is 2.87. The number of amides is 2. The largest absolute Gasteiger partial charge is 0.481 e. The Hall–Kier alpha value is -3.04. The lowest BCUT2D eigenvalue weighted by Gasteiger charge is -2.31. The molecule has 2 heterocycles. The number of hydrogen-bond donors (Lipinski definition) is 3. The van der Waals surface area contributed by atoms with Crippen LogP contribution < -0.4 is 10.6 Å². The molecule has 1 aliphatic heterocycles. The van der Waals surface area contributed by atoms with Crippen molar-refractivity contribution in [2.75, 3.05) is 26.2 Å². The predicted octanol–water partition coefficient (Wildman–Crippen LogP) is 3.63. The van der Waals surface area contributed by atoms with E-state index in [1.807, 2.05) is 51.1 Å². The van der Waals surface area contributed by atoms with Gasteiger partial charge in [0.05, 0.1) is 0 Å². The molecule has 0 bridgehead atoms. The number of rotatable bonds is 9. The van der Waals surface area contributed by atoms with E-state index in [2.05, 4.69) is 20.6 Å². The molecular weight excluding hydrogens is 482 g/mol. The van der Waals surface area contributed by atoms with Crippen molar-refractivity contribution in [2.24, 2.45) is 5.92 Å². The highest BCUT2D eigenvalue weighted by Crippen LogP contribution is 2.18. The SMILES string of the molecule is CC(C)CC(NC(=O)c1cc(Cl)nc(-c2ccccc2)n1)C(=O)N1CCNCC1.CCCCC(=O)O. The third-order valence-electron chi connectivity index (χ3n) is 5.44. The number of aliphatic carboxylic acids is 1. The van der Waals surface area contributed by atoms with Crippen LogP contribution in [-0.2, 0) is 9.59 Å². The van der Waals surface area contributed by atoms with Gasteiger partial charge in [-0.1, -0.05) is 69.1 Å². The van der Waals surface area contributed by atoms with Crippen molar-refractivity contribution in [2.45, 2.75) is 52.5 Å². The Labute approximate surface area is 217 Å². The van der Waals surface area contributed by atoms with Crippen LogP contribution in [0.25, 0.3) is 11.4 Å². The maximum atomic E-state index is 13.0. The molecule has 10 heteroatoms. The number of hydrogen-bond acceptors (Lipinski definition) is 6. The molecule has 2 aromatic rings. The van der Waals surface area contributed by atoms with Gasteiger partial charge >= 0.3 is 5.97 Å². The number of aromatic nitrogens is 2. The number of piperazine rings is 1. The molecule has 0 radical (unpaired) electrons. The highest BCUT2D eigenvalue weighted by molar-refractivity contribution is 6.29. The first kappa shape index (κ1) is 29.2. The summed E-state index contributed by atoms with van der Waals surface area (Å²) in [6.07, 6.45) is 2.64. The summed E-state index contributed by atoms with van der Waals surface area (Å²) in [5, 5.41) is 14.3. The van der Waals surface area contributed by atoms with Gasteiger partial charge in [-0.3, -0.25) is 14.4 Å². The summed E-state index contributed by atoms with van der Waals surface area (Å²) in [4.78, 5) is 46.0. The second-order valence-electron chi connectivity index (χ2n) is 8.99. The topological polar surface area (TPSA) is 125 Å². The predicted molar refractivity (Wildman–Crippen MR) is 140 cm³/mol. The van der Waals surface area contributed by atoms with Gasteiger partial charge in [-0.2, -0.15) is 0 Å². The maximum Gasteiger partial charge on any atom is 0.303 e. The Kier molecular flexibility index (Phi) is 12.3. The van der Waals surface area contributed by atoms with Crippen molar-refractivity contribution in [3.05, 3.63) is 47.2 Å². The minimum Gasteiger partial charge on any atom is -0.481 e. The zero-order valence-corrected chi connectivity index (χ0v) is 21.9. The Morgan fingerprint density at radius 2 is 1.81 bits per heavy atom. The van der Waals surface area contributed by atoms with E-state index in [0.29, 0.717) is 31.8 Å². The average molecular weight is 518 g/mol. The van der Waals surface area contributed by atoms with Crippen LogP contribution in [0.4, 0.5) is 0 Å². The van der Waals surface area contributed by atoms with Gasteiger partial charge in [-0.15, -0.1) is 0 Å². The van der Waals surface area contributed by atoms with Crippen LogP contribution in [0.3, 0.4) is 0 Å². The van der Waals surface area contributed by atoms with Crippen molar-refractivity contribution in [3.63, 3.8) is 0 Å². The van der Waals surface area contributed by atoms with E-state index >= 15 is 0 Å². The molecule has 1 aromatic carbocycles. The van der Waals surface area contributed by atoms with E-state index in [9.17, 15) is 14.4 Å². The van der Waals surface area contributed by atoms with Crippen LogP contribution in [0.5, 0.6) is 0 Å². The van der Waals surface area contributed by atoms with Crippen molar-refractivity contribution < 1.29 is 19.5 Å². The molecular formula is C26H36ClN5O4. The second kappa shape index (κ2) is 15.2. The van der Waals surface area contributed by atoms with Gasteiger partial charge in [0.2, 0.25) is 5.91 Å². The van der Waals surface area contributed by atoms with E-state index < -0.39 is 17.9 Å². The maximum absolute atomic E-state index is 13.0. The molecule has 1 unspecified atom stereocenters. The van der Waals surface area contributed by atoms with Crippen molar-refractivity contribution in [3.8, 4) is 11.4 Å². The summed E-state index contributed by atoms with van der Waals surface area (Å²) >= 11 is 6.14. The number of carboxylic acid groups (broad SMARTS) is 1. The van der Waals surface area contributed by atoms with Gasteiger partial charge in [0, 0.05) is 44.2 Å². The number of nitrogens with zero attached hydrogens (tertiary/aromatic N) is 3. The summed E-state index contributed by atoms with van der Waals surface area (Å²) in [5.41, 5.74) is 0.908. The van der Waals surface area contributed by atoms with E-state index in [4.69, 9.17) is 16.7 Å². The zero-order chi connectivity index (χ0) is 26.5. The van der Waals surface area contributed by atoms with Gasteiger partial charge in [0.1, 0.15) is 16.9 Å². The molecule has 1 saturated heterocycles. The Bertz CT molecular complexity index is 997. The number of benzene rings is 1. The molecule has 1 aromatic heterocycles. The Morgan fingerprint density at radius 3 is 2.36 bits per heavy atom. The van der Waals surface area contributed by atoms with Crippen LogP contribution >= 0.6 is 11.6 Å². The van der Waals surface area contributed by atoms with Crippen molar-refractivity contribution in [1.82, 2.24) is 25.5 Å². The van der Waals surface area contributed by atoms with Gasteiger partial charge in [-0.05, 0) is 18.8 Å². The number of carbonyl (C=O) groups excluding carboxylic acids is 2. The van der Waals surface area contributed by atoms with Crippen LogP contribution in [0, 0.1) is 5.92 Å². The summed E-state index contributed by atoms with van der Waals surface area (Å²) in [7, 11) is 0. The number of halogens is 1. The van der Waals surface area contributed by atoms with E-state index in [1.54, 1.807) is 4.90 Å². The normalized spacial score (nSPS) is 14.0. The second-order valence-corrected chi connectivity index (χ2v) is 9.38. The molecule has 1 aliphatic rings. The highest BCUT2D eigenvalue weighted by atomic mass is 35.5. The standard InChI is InChI=1S/C21H26ClN5O2.C5H10O2/c1-14(2)12-17(21(29)27-10-8-23-9-11-27)25-20(28)16-13-18(22)26-19(24-16)15-6-4-3-5-7-15;1-2-3-4-5(6)7/h3-7,13-14,17,23H,8-12H2,1-2H3,(H,25,28);2-4H2,1H3,(H,6,7). The molecule has 0 saturated carbocycles. The first-order valence-electron chi connectivity index (χ1n) is 12.3. The summed E-state index contributed by atoms with van der Waals surface area (Å²) in [6, 6.07) is 10.1. The first-order valence-corrected chi connectivity index (χ1v) is 12.7. The third kappa shape index (κ3) is 9.91. The number of nitrogens with one attached hydrogen (secondary N) is 2. The molecule has 36 heavy (non-hydrogen) atoms. The minimum absolute atomic E-state index is 0.0583. The summed E-state index contributed by atoms with van der Waals surface area (Å²) in [5.74, 6) is -0.558. The van der Waals surface area contributed by atoms with Crippen LogP contribution in [0.15, 0.2) is 36.4 Å². The fraction of sp³-hybridized carbons (Fsp3) is 0.500. The van der Waals surface area contributed by atoms with Crippen molar-refractivity contribution >= 4 is 29.4 Å². The van der Waals surface area contributed by atoms with Gasteiger partial charge in [-0.25, -0.2) is 9.97 Å². The molecule has 3 N–H and O–H groups in total. The van der Waals surface area contributed by atoms with Gasteiger partial charge in [0.15, 0.2) is 5.82 Å². The van der Waals surface area contributed by atoms with Crippen LogP contribution in [0.1, 0.15) is 56.9 Å². The first-order chi connectivity index (χ1) is 17.2. The molecule has 196 valence electrons. The van der Waals surface area contributed by atoms with Crippen molar-refractivity contribution in [1.29, 1.82) is 0 Å². The van der Waals surface area contributed by atoms with E-state index in [-0.39, 0.29) is 22.7 Å². The van der Waals surface area contributed by atoms with E-state index in [1.165, 1.54) is 6.07 Å². The zero-order valence-electron chi connectivity index (χ0n) is 21.2. The van der Waals surface area contributed by atoms with Crippen LogP contribution in [0.2, 0.25) is 5.15 Å². The van der Waals surface area contributed by atoms with Crippen LogP contribution in [-0.4, -0.2) is 70.0 Å². The number of carbonyl (C=O) groups is 3. The minimum atomic E-state index is -0.693. The lowest BCUT2D eigenvalue weighted by Crippen LogP contribution is -2.54. The van der Waals surface area contributed by atoms with Gasteiger partial charge in [0.25, 0.3) is 5.91 Å². The lowest BCUT2D eigenvalue weighted by molar-refractivity contribution is -0.137. The Balaban J connectivity index is 0.000000572. The molecule has 9 nitrogen and oxygen atoms in total. The lowest BCUT2D eigenvalue weighted by atomic mass is 10.0. The Morgan fingerprint density at radius 1 is 1.14 bits per heavy atom. The van der Waals surface area contributed by atoms with Gasteiger partial charge < -0.3 is 20.6 Å². The molecule has 1 atom stereocenters. The molecule has 0 spiro atoms. The number of unbranched alkanes of at least 4 members (excludes halogenated alkanes) is 1. The summed E-state index contributed by atoms with van der Waals surface area (Å²) < 4.78 is 0. The smallest absolute Gasteiger partial charge is 0.303 e. The number of carboxylic acids is 1. The highest BCUT2D eigenvalue weighted by Gasteiger charge is 2.28. The molecule has 2 amide bonds. The quantitative estimate of drug-likeness (QED) is 0.434.